The first kappa shape index (κ1) is 18.0. The van der Waals surface area contributed by atoms with Crippen molar-refractivity contribution in [2.24, 2.45) is 0 Å². The molecular weight excluding hydrogens is 352 g/mol. The number of nitro groups is 1. The summed E-state index contributed by atoms with van der Waals surface area (Å²) in [6.45, 7) is 3.55. The molecule has 10 heteroatoms. The second-order valence-electron chi connectivity index (χ2n) is 5.65. The summed E-state index contributed by atoms with van der Waals surface area (Å²) in [6, 6.07) is 8.27. The Hall–Kier alpha value is -3.82. The lowest BCUT2D eigenvalue weighted by molar-refractivity contribution is -0.384. The van der Waals surface area contributed by atoms with Crippen molar-refractivity contribution in [2.75, 3.05) is 12.4 Å². The Morgan fingerprint density at radius 1 is 1.26 bits per heavy atom. The van der Waals surface area contributed by atoms with Crippen LogP contribution in [0.1, 0.15) is 21.7 Å². The van der Waals surface area contributed by atoms with Crippen molar-refractivity contribution in [1.82, 2.24) is 19.7 Å². The zero-order chi connectivity index (χ0) is 19.6. The molecular formula is C17H16N6O4. The fourth-order valence-corrected chi connectivity index (χ4v) is 2.64. The molecule has 0 aliphatic carbocycles. The van der Waals surface area contributed by atoms with Gasteiger partial charge in [0.25, 0.3) is 0 Å². The van der Waals surface area contributed by atoms with Gasteiger partial charge in [0.15, 0.2) is 0 Å². The van der Waals surface area contributed by atoms with Gasteiger partial charge in [0.2, 0.25) is 11.6 Å². The third-order valence-corrected chi connectivity index (χ3v) is 3.78. The number of nitrogens with zero attached hydrogens (tertiary/aromatic N) is 5. The lowest BCUT2D eigenvalue weighted by Gasteiger charge is -2.11. The number of anilines is 2. The second-order valence-corrected chi connectivity index (χ2v) is 5.65. The van der Waals surface area contributed by atoms with Crippen molar-refractivity contribution in [3.63, 3.8) is 0 Å². The van der Waals surface area contributed by atoms with Gasteiger partial charge in [-0.25, -0.2) is 19.4 Å². The smallest absolute Gasteiger partial charge is 0.355 e. The van der Waals surface area contributed by atoms with Gasteiger partial charge in [-0.2, -0.15) is 5.10 Å². The van der Waals surface area contributed by atoms with E-state index in [1.54, 1.807) is 44.2 Å². The summed E-state index contributed by atoms with van der Waals surface area (Å²) in [5.74, 6) is -0.610. The fraction of sp³-hybridized carbons (Fsp3) is 0.176. The van der Waals surface area contributed by atoms with Crippen LogP contribution in [0.3, 0.4) is 0 Å². The van der Waals surface area contributed by atoms with E-state index >= 15 is 0 Å². The van der Waals surface area contributed by atoms with Gasteiger partial charge in [0.05, 0.1) is 29.0 Å². The predicted octanol–water partition coefficient (Wildman–Crippen LogP) is 2.72. The molecule has 3 aromatic rings. The van der Waals surface area contributed by atoms with Crippen LogP contribution in [0.25, 0.3) is 5.82 Å². The van der Waals surface area contributed by atoms with Crippen LogP contribution in [0.5, 0.6) is 0 Å². The highest BCUT2D eigenvalue weighted by Gasteiger charge is 2.27. The number of carbonyl (C=O) groups is 1. The van der Waals surface area contributed by atoms with Crippen LogP contribution in [0, 0.1) is 24.0 Å². The van der Waals surface area contributed by atoms with E-state index in [-0.39, 0.29) is 22.9 Å². The van der Waals surface area contributed by atoms with Crippen LogP contribution in [0.2, 0.25) is 0 Å². The number of hydrogen-bond donors (Lipinski definition) is 1. The van der Waals surface area contributed by atoms with Crippen molar-refractivity contribution in [1.29, 1.82) is 0 Å². The van der Waals surface area contributed by atoms with E-state index in [0.29, 0.717) is 17.1 Å². The number of rotatable bonds is 5. The quantitative estimate of drug-likeness (QED) is 0.414. The minimum Gasteiger partial charge on any atom is -0.465 e. The fourth-order valence-electron chi connectivity index (χ4n) is 2.64. The molecule has 10 nitrogen and oxygen atoms in total. The minimum atomic E-state index is -0.588. The van der Waals surface area contributed by atoms with Gasteiger partial charge in [-0.1, -0.05) is 12.1 Å². The summed E-state index contributed by atoms with van der Waals surface area (Å²) in [5.41, 5.74) is 1.58. The topological polar surface area (TPSA) is 125 Å². The number of methoxy groups -OCH3 is 1. The van der Waals surface area contributed by atoms with Crippen molar-refractivity contribution in [3.05, 3.63) is 63.7 Å². The van der Waals surface area contributed by atoms with Crippen LogP contribution in [0.4, 0.5) is 17.2 Å². The third kappa shape index (κ3) is 3.45. The molecule has 0 spiro atoms. The number of aryl methyl sites for hydroxylation is 2. The SMILES string of the molecule is COC(=O)c1ccccc1Nc1ncnc(-n2nc(C)cc2C)c1[N+](=O)[O-]. The van der Waals surface area contributed by atoms with E-state index < -0.39 is 10.9 Å². The number of nitrogens with one attached hydrogen (secondary N) is 1. The normalized spacial score (nSPS) is 10.5. The molecule has 0 aliphatic heterocycles. The largest absolute Gasteiger partial charge is 0.465 e. The molecule has 1 aromatic carbocycles. The Bertz CT molecular complexity index is 1030. The molecule has 1 N–H and O–H groups in total. The van der Waals surface area contributed by atoms with Gasteiger partial charge in [-0.05, 0) is 32.0 Å². The maximum atomic E-state index is 11.9. The molecule has 0 amide bonds. The Labute approximate surface area is 154 Å². The van der Waals surface area contributed by atoms with E-state index in [9.17, 15) is 14.9 Å². The van der Waals surface area contributed by atoms with E-state index in [4.69, 9.17) is 4.74 Å². The van der Waals surface area contributed by atoms with E-state index in [2.05, 4.69) is 20.4 Å². The van der Waals surface area contributed by atoms with Crippen molar-refractivity contribution in [3.8, 4) is 5.82 Å². The number of benzene rings is 1. The zero-order valence-corrected chi connectivity index (χ0v) is 14.8. The van der Waals surface area contributed by atoms with Crippen molar-refractivity contribution < 1.29 is 14.5 Å². The maximum Gasteiger partial charge on any atom is 0.355 e. The Morgan fingerprint density at radius 3 is 2.63 bits per heavy atom. The molecule has 27 heavy (non-hydrogen) atoms. The molecule has 138 valence electrons. The first-order valence-electron chi connectivity index (χ1n) is 7.89. The van der Waals surface area contributed by atoms with Gasteiger partial charge in [-0.3, -0.25) is 10.1 Å². The standard InChI is InChI=1S/C17H16N6O4/c1-10-8-11(2)22(21-10)16-14(23(25)26)15(18-9-19-16)20-13-7-5-4-6-12(13)17(24)27-3/h4-9H,1-3H3,(H,18,19,20). The van der Waals surface area contributed by atoms with Gasteiger partial charge >= 0.3 is 11.7 Å². The van der Waals surface area contributed by atoms with Crippen LogP contribution in [-0.2, 0) is 4.74 Å². The monoisotopic (exact) mass is 368 g/mol. The number of carbonyl (C=O) groups excluding carboxylic acids is 1. The first-order chi connectivity index (χ1) is 12.9. The van der Waals surface area contributed by atoms with E-state index in [1.807, 2.05) is 0 Å². The summed E-state index contributed by atoms with van der Waals surface area (Å²) >= 11 is 0. The Kier molecular flexibility index (Phi) is 4.79. The number of ether oxygens (including phenoxy) is 1. The summed E-state index contributed by atoms with van der Waals surface area (Å²) < 4.78 is 6.13. The molecule has 2 aromatic heterocycles. The molecule has 0 radical (unpaired) electrons. The predicted molar refractivity (Wildman–Crippen MR) is 96.3 cm³/mol. The molecule has 0 atom stereocenters. The molecule has 0 saturated carbocycles. The van der Waals surface area contributed by atoms with E-state index in [1.165, 1.54) is 18.1 Å². The van der Waals surface area contributed by atoms with Crippen LogP contribution in [-0.4, -0.2) is 37.8 Å². The highest BCUT2D eigenvalue weighted by Crippen LogP contribution is 2.31. The van der Waals surface area contributed by atoms with Crippen molar-refractivity contribution >= 4 is 23.2 Å². The average molecular weight is 368 g/mol. The van der Waals surface area contributed by atoms with Crippen LogP contribution >= 0.6 is 0 Å². The Balaban J connectivity index is 2.13. The van der Waals surface area contributed by atoms with Gasteiger partial charge in [0, 0.05) is 5.69 Å². The summed E-state index contributed by atoms with van der Waals surface area (Å²) in [7, 11) is 1.26. The summed E-state index contributed by atoms with van der Waals surface area (Å²) in [6.07, 6.45) is 1.20. The molecule has 0 aliphatic rings. The van der Waals surface area contributed by atoms with E-state index in [0.717, 1.165) is 0 Å². The van der Waals surface area contributed by atoms with Crippen LogP contribution < -0.4 is 5.32 Å². The third-order valence-electron chi connectivity index (χ3n) is 3.78. The molecule has 0 bridgehead atoms. The highest BCUT2D eigenvalue weighted by atomic mass is 16.6. The number of hydrogen-bond acceptors (Lipinski definition) is 8. The molecule has 0 fully saturated rings. The van der Waals surface area contributed by atoms with Gasteiger partial charge in [-0.15, -0.1) is 0 Å². The maximum absolute atomic E-state index is 11.9. The molecule has 2 heterocycles. The lowest BCUT2D eigenvalue weighted by Crippen LogP contribution is -2.11. The van der Waals surface area contributed by atoms with Crippen LogP contribution in [0.15, 0.2) is 36.7 Å². The zero-order valence-electron chi connectivity index (χ0n) is 14.8. The molecule has 0 saturated heterocycles. The first-order valence-corrected chi connectivity index (χ1v) is 7.89. The summed E-state index contributed by atoms with van der Waals surface area (Å²) in [5, 5.41) is 18.8. The van der Waals surface area contributed by atoms with Gasteiger partial charge in [0.1, 0.15) is 6.33 Å². The number of esters is 1. The van der Waals surface area contributed by atoms with Crippen molar-refractivity contribution in [2.45, 2.75) is 13.8 Å². The number of para-hydroxylation sites is 1. The molecule has 0 unspecified atom stereocenters. The lowest BCUT2D eigenvalue weighted by atomic mass is 10.2. The highest BCUT2D eigenvalue weighted by molar-refractivity contribution is 5.96. The molecule has 3 rings (SSSR count). The van der Waals surface area contributed by atoms with Gasteiger partial charge < -0.3 is 10.1 Å². The minimum absolute atomic E-state index is 0.0265. The second kappa shape index (κ2) is 7.20. The average Bonchev–Trinajstić information content (AvgIpc) is 2.99. The summed E-state index contributed by atoms with van der Waals surface area (Å²) in [4.78, 5) is 31.1. The number of aromatic nitrogens is 4. The Morgan fingerprint density at radius 2 is 2.00 bits per heavy atom.